The summed E-state index contributed by atoms with van der Waals surface area (Å²) >= 11 is 0. The van der Waals surface area contributed by atoms with E-state index >= 15 is 0 Å². The third kappa shape index (κ3) is 3.14. The fourth-order valence-corrected chi connectivity index (χ4v) is 3.35. The predicted molar refractivity (Wildman–Crippen MR) is 79.5 cm³/mol. The smallest absolute Gasteiger partial charge is 0.227 e. The zero-order chi connectivity index (χ0) is 14.7. The molecule has 0 N–H and O–H groups in total. The molecule has 21 heavy (non-hydrogen) atoms. The first kappa shape index (κ1) is 14.6. The molecule has 5 heteroatoms. The van der Waals surface area contributed by atoms with E-state index in [0.29, 0.717) is 12.3 Å². The number of nitrogens with zero attached hydrogens (tertiary/aromatic N) is 2. The van der Waals surface area contributed by atoms with Gasteiger partial charge in [-0.3, -0.25) is 4.79 Å². The average molecular weight is 292 g/mol. The van der Waals surface area contributed by atoms with Gasteiger partial charge in [-0.25, -0.2) is 0 Å². The lowest BCUT2D eigenvalue weighted by atomic mass is 9.94. The van der Waals surface area contributed by atoms with Gasteiger partial charge >= 0.3 is 0 Å². The molecular formula is C16H24N2O3. The first-order valence-corrected chi connectivity index (χ1v) is 7.83. The van der Waals surface area contributed by atoms with Gasteiger partial charge in [0.05, 0.1) is 19.8 Å². The van der Waals surface area contributed by atoms with E-state index in [9.17, 15) is 4.79 Å². The van der Waals surface area contributed by atoms with Gasteiger partial charge in [-0.05, 0) is 18.9 Å². The van der Waals surface area contributed by atoms with Crippen LogP contribution in [0, 0.1) is 5.92 Å². The summed E-state index contributed by atoms with van der Waals surface area (Å²) in [5, 5.41) is 0. The van der Waals surface area contributed by atoms with Crippen molar-refractivity contribution in [2.45, 2.75) is 19.3 Å². The van der Waals surface area contributed by atoms with Crippen LogP contribution in [0.15, 0.2) is 23.5 Å². The highest BCUT2D eigenvalue weighted by Gasteiger charge is 2.29. The molecule has 0 aromatic carbocycles. The van der Waals surface area contributed by atoms with Crippen molar-refractivity contribution >= 4 is 5.91 Å². The van der Waals surface area contributed by atoms with Crippen LogP contribution in [0.1, 0.15) is 19.3 Å². The van der Waals surface area contributed by atoms with Gasteiger partial charge in [0.2, 0.25) is 5.91 Å². The normalized spacial score (nSPS) is 26.9. The summed E-state index contributed by atoms with van der Waals surface area (Å²) in [6.07, 6.45) is 6.98. The molecule has 3 rings (SSSR count). The number of hydrogen-bond donors (Lipinski definition) is 0. The third-order valence-electron chi connectivity index (χ3n) is 4.45. The summed E-state index contributed by atoms with van der Waals surface area (Å²) in [5.41, 5.74) is 2.38. The standard InChI is InChI=1S/C16H24N2O3/c1-20-12-13-4-5-14(18-6-2-3-16(18)19)11-15(13)17-7-9-21-10-8-17/h5,11,13H,2-4,6-10,12H2,1H3. The molecule has 1 unspecified atom stereocenters. The minimum absolute atomic E-state index is 0.254. The van der Waals surface area contributed by atoms with Crippen molar-refractivity contribution in [1.82, 2.24) is 9.80 Å². The van der Waals surface area contributed by atoms with Crippen molar-refractivity contribution in [1.29, 1.82) is 0 Å². The molecule has 2 aliphatic heterocycles. The van der Waals surface area contributed by atoms with Crippen LogP contribution in [0.4, 0.5) is 0 Å². The summed E-state index contributed by atoms with van der Waals surface area (Å²) in [6.45, 7) is 4.98. The molecule has 5 nitrogen and oxygen atoms in total. The lowest BCUT2D eigenvalue weighted by Crippen LogP contribution is -2.40. The molecule has 116 valence electrons. The van der Waals surface area contributed by atoms with E-state index in [4.69, 9.17) is 9.47 Å². The molecule has 3 aliphatic rings. The fraction of sp³-hybridized carbons (Fsp3) is 0.688. The Bertz CT molecular complexity index is 452. The van der Waals surface area contributed by atoms with Crippen LogP contribution in [0.25, 0.3) is 0 Å². The molecule has 0 aromatic heterocycles. The van der Waals surface area contributed by atoms with Crippen molar-refractivity contribution in [3.8, 4) is 0 Å². The molecule has 1 atom stereocenters. The largest absolute Gasteiger partial charge is 0.384 e. The minimum atomic E-state index is 0.254. The maximum absolute atomic E-state index is 12.0. The number of amides is 1. The third-order valence-corrected chi connectivity index (χ3v) is 4.45. The van der Waals surface area contributed by atoms with Crippen molar-refractivity contribution in [3.63, 3.8) is 0 Å². The second-order valence-electron chi connectivity index (χ2n) is 5.83. The summed E-state index contributed by atoms with van der Waals surface area (Å²) < 4.78 is 10.8. The number of carbonyl (C=O) groups is 1. The summed E-state index contributed by atoms with van der Waals surface area (Å²) in [4.78, 5) is 16.3. The maximum Gasteiger partial charge on any atom is 0.227 e. The second-order valence-corrected chi connectivity index (χ2v) is 5.83. The Labute approximate surface area is 126 Å². The average Bonchev–Trinajstić information content (AvgIpc) is 2.95. The van der Waals surface area contributed by atoms with Crippen LogP contribution in [0.5, 0.6) is 0 Å². The van der Waals surface area contributed by atoms with Crippen LogP contribution < -0.4 is 0 Å². The predicted octanol–water partition coefficient (Wildman–Crippen LogP) is 1.38. The number of morpholine rings is 1. The van der Waals surface area contributed by atoms with Gasteiger partial charge in [0.25, 0.3) is 0 Å². The first-order valence-electron chi connectivity index (χ1n) is 7.83. The molecule has 2 fully saturated rings. The summed E-state index contributed by atoms with van der Waals surface area (Å²) in [5.74, 6) is 0.638. The van der Waals surface area contributed by atoms with Gasteiger partial charge < -0.3 is 19.3 Å². The SMILES string of the molecule is COCC1CC=C(N2CCCC2=O)C=C1N1CCOCC1. The molecule has 0 aromatic rings. The zero-order valence-corrected chi connectivity index (χ0v) is 12.7. The number of ether oxygens (including phenoxy) is 2. The first-order chi connectivity index (χ1) is 10.3. The Morgan fingerprint density at radius 2 is 2.14 bits per heavy atom. The lowest BCUT2D eigenvalue weighted by Gasteiger charge is -2.37. The van der Waals surface area contributed by atoms with Gasteiger partial charge in [0.1, 0.15) is 0 Å². The number of likely N-dealkylation sites (tertiary alicyclic amines) is 1. The quantitative estimate of drug-likeness (QED) is 0.785. The highest BCUT2D eigenvalue weighted by molar-refractivity contribution is 5.80. The monoisotopic (exact) mass is 292 g/mol. The van der Waals surface area contributed by atoms with Crippen LogP contribution in [-0.2, 0) is 14.3 Å². The molecule has 1 amide bonds. The Morgan fingerprint density at radius 3 is 2.81 bits per heavy atom. The van der Waals surface area contributed by atoms with E-state index < -0.39 is 0 Å². The molecular weight excluding hydrogens is 268 g/mol. The van der Waals surface area contributed by atoms with Crippen molar-refractivity contribution in [3.05, 3.63) is 23.5 Å². The molecule has 0 saturated carbocycles. The molecule has 0 bridgehead atoms. The number of allylic oxidation sites excluding steroid dienone is 2. The van der Waals surface area contributed by atoms with E-state index in [-0.39, 0.29) is 5.91 Å². The number of methoxy groups -OCH3 is 1. The van der Waals surface area contributed by atoms with Gasteiger partial charge in [0, 0.05) is 50.5 Å². The second kappa shape index (κ2) is 6.62. The van der Waals surface area contributed by atoms with Gasteiger partial charge in [-0.1, -0.05) is 6.08 Å². The minimum Gasteiger partial charge on any atom is -0.384 e. The topological polar surface area (TPSA) is 42.0 Å². The molecule has 2 heterocycles. The summed E-state index contributed by atoms with van der Waals surface area (Å²) in [7, 11) is 1.75. The van der Waals surface area contributed by atoms with E-state index in [1.54, 1.807) is 7.11 Å². The van der Waals surface area contributed by atoms with Gasteiger partial charge in [-0.15, -0.1) is 0 Å². The van der Waals surface area contributed by atoms with Gasteiger partial charge in [0.15, 0.2) is 0 Å². The van der Waals surface area contributed by atoms with Crippen molar-refractivity contribution < 1.29 is 14.3 Å². The van der Waals surface area contributed by atoms with E-state index in [0.717, 1.165) is 58.0 Å². The Balaban J connectivity index is 1.80. The van der Waals surface area contributed by atoms with Gasteiger partial charge in [-0.2, -0.15) is 0 Å². The van der Waals surface area contributed by atoms with Crippen molar-refractivity contribution in [2.75, 3.05) is 46.6 Å². The highest BCUT2D eigenvalue weighted by atomic mass is 16.5. The summed E-state index contributed by atoms with van der Waals surface area (Å²) in [6, 6.07) is 0. The van der Waals surface area contributed by atoms with Crippen molar-refractivity contribution in [2.24, 2.45) is 5.92 Å². The fourth-order valence-electron chi connectivity index (χ4n) is 3.35. The number of carbonyl (C=O) groups excluding carboxylic acids is 1. The van der Waals surface area contributed by atoms with Crippen LogP contribution in [0.2, 0.25) is 0 Å². The molecule has 1 aliphatic carbocycles. The van der Waals surface area contributed by atoms with Crippen LogP contribution >= 0.6 is 0 Å². The van der Waals surface area contributed by atoms with E-state index in [2.05, 4.69) is 17.1 Å². The highest BCUT2D eigenvalue weighted by Crippen LogP contribution is 2.30. The Morgan fingerprint density at radius 1 is 1.33 bits per heavy atom. The van der Waals surface area contributed by atoms with E-state index in [1.165, 1.54) is 5.70 Å². The Hall–Kier alpha value is -1.33. The maximum atomic E-state index is 12.0. The zero-order valence-electron chi connectivity index (χ0n) is 12.7. The lowest BCUT2D eigenvalue weighted by molar-refractivity contribution is -0.125. The number of rotatable bonds is 4. The van der Waals surface area contributed by atoms with Crippen LogP contribution in [0.3, 0.4) is 0 Å². The van der Waals surface area contributed by atoms with E-state index in [1.807, 2.05) is 4.90 Å². The molecule has 0 spiro atoms. The Kier molecular flexibility index (Phi) is 4.60. The molecule has 0 radical (unpaired) electrons. The van der Waals surface area contributed by atoms with Crippen LogP contribution in [-0.4, -0.2) is 62.3 Å². The molecule has 2 saturated heterocycles. The number of hydrogen-bond acceptors (Lipinski definition) is 4.